The van der Waals surface area contributed by atoms with Gasteiger partial charge in [-0.2, -0.15) is 4.98 Å². The first-order chi connectivity index (χ1) is 68.5. The third-order valence-electron chi connectivity index (χ3n) is 19.8. The molecule has 0 saturated heterocycles. The van der Waals surface area contributed by atoms with E-state index in [1.165, 1.54) is 79.0 Å². The predicted octanol–water partition coefficient (Wildman–Crippen LogP) is 5.77. The molecule has 0 radical (unpaired) electrons. The Labute approximate surface area is 821 Å². The van der Waals surface area contributed by atoms with Crippen molar-refractivity contribution < 1.29 is 123 Å². The zero-order chi connectivity index (χ0) is 103. The summed E-state index contributed by atoms with van der Waals surface area (Å²) in [6, 6.07) is 31.5. The summed E-state index contributed by atoms with van der Waals surface area (Å²) < 4.78 is 92.6. The van der Waals surface area contributed by atoms with Gasteiger partial charge in [-0.15, -0.1) is 0 Å². The summed E-state index contributed by atoms with van der Waals surface area (Å²) in [5.74, 6) is -2.88. The molecule has 0 aliphatic heterocycles. The number of carbonyl (C=O) groups excluding carboxylic acids is 9. The molecule has 0 aliphatic carbocycles. The highest BCUT2D eigenvalue weighted by molar-refractivity contribution is 5.97. The summed E-state index contributed by atoms with van der Waals surface area (Å²) in [5, 5.41) is 45.0. The Morgan fingerprint density at radius 2 is 0.866 bits per heavy atom. The number of halogens is 3. The normalized spacial score (nSPS) is 10.9. The molecule has 9 amide bonds. The fraction of sp³-hybridized carbons (Fsp3) is 0.454. The van der Waals surface area contributed by atoms with E-state index in [-0.39, 0.29) is 155 Å². The van der Waals surface area contributed by atoms with Gasteiger partial charge in [0.25, 0.3) is 23.3 Å². The fourth-order valence-corrected chi connectivity index (χ4v) is 12.5. The molecule has 2 aromatic heterocycles. The van der Waals surface area contributed by atoms with Crippen molar-refractivity contribution in [3.63, 3.8) is 0 Å². The number of fused-ring (bicyclic) bond motifs is 1. The Hall–Kier alpha value is -14.1. The number of aromatic nitrogens is 4. The van der Waals surface area contributed by atoms with Crippen LogP contribution in [0, 0.1) is 17.5 Å². The second-order valence-electron chi connectivity index (χ2n) is 31.1. The van der Waals surface area contributed by atoms with Crippen molar-refractivity contribution in [2.24, 2.45) is 5.73 Å². The largest absolute Gasteiger partial charge is 0.496 e. The average Bonchev–Trinajstić information content (AvgIpc) is 0.808. The summed E-state index contributed by atoms with van der Waals surface area (Å²) in [5.41, 5.74) is 14.6. The zero-order valence-corrected chi connectivity index (χ0v) is 80.9. The van der Waals surface area contributed by atoms with Crippen LogP contribution >= 0.6 is 0 Å². The number of carboxylic acids is 2. The van der Waals surface area contributed by atoms with E-state index in [0.717, 1.165) is 54.3 Å². The van der Waals surface area contributed by atoms with Crippen molar-refractivity contribution in [1.82, 2.24) is 77.6 Å². The molecule has 0 aliphatic rings. The van der Waals surface area contributed by atoms with Gasteiger partial charge in [0, 0.05) is 143 Å². The number of nitrogens with zero attached hydrogens (tertiary/aromatic N) is 5. The summed E-state index contributed by atoms with van der Waals surface area (Å²) in [6.45, 7) is 13.8. The first-order valence-electron chi connectivity index (χ1n) is 46.2. The smallest absolute Gasteiger partial charge is 0.335 e. The summed E-state index contributed by atoms with van der Waals surface area (Å²) >= 11 is 0. The number of carboxylic acid groups (broad SMARTS) is 2. The van der Waals surface area contributed by atoms with Gasteiger partial charge in [0.1, 0.15) is 60.0 Å². The molecule has 45 heteroatoms. The molecule has 42 nitrogen and oxygen atoms in total. The maximum absolute atomic E-state index is 12.9. The average molecular weight is 1990 g/mol. The maximum atomic E-state index is 12.9. The highest BCUT2D eigenvalue weighted by Gasteiger charge is 2.23. The number of hydrogen-bond acceptors (Lipinski definition) is 30. The number of ether oxygens (including phenoxy) is 10. The standard InChI is InChI=1S/C35H41FN10O9.C31H45FN4O7.C24H42N4O6.C7H5FO2/c36-23-5-1-21(2-6-23)31(49)40-14-16-55-18-17-54-15-11-28(48)39-13-12-38-27(47)10-9-26(34(52)53)44-32(50)22-3-7-24(8-4-22)41-19-25-20-42-30-29(43-25)33(51)46-35(37)45-30;1-4-33-29(37)8-6-17-43-27-14-11-25(28(21-27)40-3)22-36(2)16-5-7-30(38)35-23-42-20-19-41-18-15-34-31(39)24-9-12-26(32)13-10-24;1-4-26-23(29)8-6-13-34-21-10-9-20(22(17-21)31-3)18-28(2)12-5-7-24(30)27-19-33-16-15-32-14-11-25;8-6-3-1-5(2-4-6)7(9)10/h1-8,20,26,41H,9-19H2,(H,38,47)(H,39,48)(H,40,49)(H,44,50)(H,52,53)(H3,37,42,45,46,51);9-14,21H,4-8,15-20,22-23H2,1-3H3,(H,33,37)(H,34,39)(H,35,38);9-10,17H,4-8,11-16,18-19,25H2,1-3H3,(H,26,29)(H,27,30);1-4H,(H,9,10). The maximum Gasteiger partial charge on any atom is 0.335 e. The lowest BCUT2D eigenvalue weighted by molar-refractivity contribution is -0.139. The van der Waals surface area contributed by atoms with Crippen LogP contribution in [-0.2, 0) is 81.6 Å². The number of methoxy groups -OCH3 is 2. The van der Waals surface area contributed by atoms with E-state index < -0.39 is 52.8 Å². The Bertz CT molecular complexity index is 5200. The molecule has 142 heavy (non-hydrogen) atoms. The molecule has 0 fully saturated rings. The first-order valence-corrected chi connectivity index (χ1v) is 46.2. The number of aromatic carboxylic acids is 1. The van der Waals surface area contributed by atoms with Crippen LogP contribution in [0.25, 0.3) is 11.2 Å². The molecule has 8 rings (SSSR count). The Morgan fingerprint density at radius 1 is 0.451 bits per heavy atom. The lowest BCUT2D eigenvalue weighted by atomic mass is 10.1. The van der Waals surface area contributed by atoms with Crippen LogP contribution in [0.5, 0.6) is 23.0 Å². The lowest BCUT2D eigenvalue weighted by Gasteiger charge is -2.19. The first kappa shape index (κ1) is 118. The number of aromatic amines is 1. The quantitative estimate of drug-likeness (QED) is 0.0159. The molecule has 6 aromatic carbocycles. The topological polar surface area (TPSA) is 571 Å². The number of anilines is 2. The number of benzene rings is 6. The van der Waals surface area contributed by atoms with Crippen LogP contribution in [0.4, 0.5) is 24.8 Å². The highest BCUT2D eigenvalue weighted by atomic mass is 19.1. The minimum atomic E-state index is -1.32. The van der Waals surface area contributed by atoms with Gasteiger partial charge in [0.15, 0.2) is 11.2 Å². The van der Waals surface area contributed by atoms with Crippen LogP contribution in [0.1, 0.15) is 143 Å². The Morgan fingerprint density at radius 3 is 1.32 bits per heavy atom. The zero-order valence-electron chi connectivity index (χ0n) is 80.9. The Kier molecular flexibility index (Phi) is 58.8. The molecular weight excluding hydrogens is 1860 g/mol. The van der Waals surface area contributed by atoms with Gasteiger partial charge >= 0.3 is 11.9 Å². The van der Waals surface area contributed by atoms with E-state index in [0.29, 0.717) is 171 Å². The third kappa shape index (κ3) is 51.7. The third-order valence-corrected chi connectivity index (χ3v) is 19.8. The second-order valence-corrected chi connectivity index (χ2v) is 31.1. The van der Waals surface area contributed by atoms with Crippen LogP contribution in [-0.4, -0.2) is 291 Å². The highest BCUT2D eigenvalue weighted by Crippen LogP contribution is 2.28. The molecule has 776 valence electrons. The van der Waals surface area contributed by atoms with Gasteiger partial charge in [0.05, 0.1) is 118 Å². The molecule has 8 aromatic rings. The summed E-state index contributed by atoms with van der Waals surface area (Å²) in [4.78, 5) is 161. The van der Waals surface area contributed by atoms with E-state index in [4.69, 9.17) is 63.9 Å². The van der Waals surface area contributed by atoms with Gasteiger partial charge in [-0.05, 0) is 182 Å². The van der Waals surface area contributed by atoms with E-state index >= 15 is 0 Å². The number of rotatable bonds is 65. The molecule has 17 N–H and O–H groups in total. The number of H-pyrrole nitrogens is 1. The van der Waals surface area contributed by atoms with Crippen molar-refractivity contribution in [2.75, 3.05) is 191 Å². The number of nitrogen functional groups attached to an aromatic ring is 1. The fourth-order valence-electron chi connectivity index (χ4n) is 12.5. The van der Waals surface area contributed by atoms with Gasteiger partial charge in [0.2, 0.25) is 41.4 Å². The molecule has 1 unspecified atom stereocenters. The number of nitrogens with two attached hydrogens (primary N) is 2. The van der Waals surface area contributed by atoms with Crippen molar-refractivity contribution in [3.8, 4) is 23.0 Å². The number of amides is 9. The minimum absolute atomic E-state index is 0.0248. The van der Waals surface area contributed by atoms with E-state index in [9.17, 15) is 75.8 Å². The molecule has 0 spiro atoms. The monoisotopic (exact) mass is 1990 g/mol. The van der Waals surface area contributed by atoms with E-state index in [1.807, 2.05) is 64.3 Å². The number of aliphatic carboxylic acids is 1. The number of nitrogens with one attached hydrogen (secondary N) is 11. The van der Waals surface area contributed by atoms with Crippen molar-refractivity contribution >= 4 is 87.9 Å². The van der Waals surface area contributed by atoms with Gasteiger partial charge < -0.3 is 132 Å². The molecular formula is C97H133F3N18O24. The van der Waals surface area contributed by atoms with Gasteiger partial charge in [-0.1, -0.05) is 12.1 Å². The molecule has 1 atom stereocenters. The van der Waals surface area contributed by atoms with Crippen molar-refractivity contribution in [1.29, 1.82) is 0 Å². The minimum Gasteiger partial charge on any atom is -0.496 e. The second kappa shape index (κ2) is 70.5. The Balaban J connectivity index is 0.000000365. The van der Waals surface area contributed by atoms with E-state index in [2.05, 4.69) is 82.9 Å². The van der Waals surface area contributed by atoms with Crippen LogP contribution < -0.4 is 89.1 Å². The molecule has 2 heterocycles. The van der Waals surface area contributed by atoms with Crippen LogP contribution in [0.15, 0.2) is 144 Å². The molecule has 0 saturated carbocycles. The molecule has 0 bridgehead atoms. The van der Waals surface area contributed by atoms with E-state index in [1.54, 1.807) is 26.4 Å². The van der Waals surface area contributed by atoms with Gasteiger partial charge in [-0.3, -0.25) is 52.9 Å². The number of carbonyl (C=O) groups is 11. The van der Waals surface area contributed by atoms with Crippen molar-refractivity contribution in [2.45, 2.75) is 110 Å². The van der Waals surface area contributed by atoms with Crippen molar-refractivity contribution in [3.05, 3.63) is 207 Å². The summed E-state index contributed by atoms with van der Waals surface area (Å²) in [7, 11) is 7.25. The predicted molar refractivity (Wildman–Crippen MR) is 520 cm³/mol. The van der Waals surface area contributed by atoms with Crippen LogP contribution in [0.2, 0.25) is 0 Å². The van der Waals surface area contributed by atoms with Crippen LogP contribution in [0.3, 0.4) is 0 Å². The van der Waals surface area contributed by atoms with Gasteiger partial charge in [-0.25, -0.2) is 32.7 Å². The SMILES string of the molecule is CCNC(=O)CCCOc1ccc(CN(C)CCCC(=O)NCOCCOCCN)c(OC)c1.CCNC(=O)CCCOc1ccc(CN(C)CCCC(=O)NCOCCOCCNC(=O)c2ccc(F)cc2)c(OC)c1.Nc1nc2ncc(CNc3ccc(C(=O)NC(CCC(=O)NCCNC(=O)CCOCCOCCNC(=O)c4ccc(F)cc4)C(=O)O)cc3)nc2c(=O)[nH]1.O=C(O)c1ccc(F)cc1. The summed E-state index contributed by atoms with van der Waals surface area (Å²) in [6.07, 6.45) is 5.57. The lowest BCUT2D eigenvalue weighted by Crippen LogP contribution is -2.42. The number of hydrogen-bond donors (Lipinski definition) is 15.